The lowest BCUT2D eigenvalue weighted by Gasteiger charge is -2.33. The summed E-state index contributed by atoms with van der Waals surface area (Å²) in [6.45, 7) is 7.82. The van der Waals surface area contributed by atoms with E-state index in [0.29, 0.717) is 43.9 Å². The molecular formula is C25H36N4O7S. The van der Waals surface area contributed by atoms with Crippen LogP contribution >= 0.6 is 0 Å². The zero-order valence-electron chi connectivity index (χ0n) is 21.7. The number of carbonyl (C=O) groups excluding carboxylic acids is 3. The van der Waals surface area contributed by atoms with Crippen molar-refractivity contribution in [3.05, 3.63) is 35.3 Å². The third-order valence-electron chi connectivity index (χ3n) is 7.25. The smallest absolute Gasteiger partial charge is 0.226 e. The van der Waals surface area contributed by atoms with Crippen LogP contribution in [-0.2, 0) is 34.9 Å². The van der Waals surface area contributed by atoms with E-state index in [1.54, 1.807) is 11.0 Å². The van der Waals surface area contributed by atoms with Crippen LogP contribution < -0.4 is 4.73 Å². The molecule has 0 radical (unpaired) electrons. The van der Waals surface area contributed by atoms with Crippen molar-refractivity contribution in [1.29, 1.82) is 0 Å². The normalized spacial score (nSPS) is 23.8. The number of ketones is 1. The molecule has 12 heteroatoms. The monoisotopic (exact) mass is 536 g/mol. The summed E-state index contributed by atoms with van der Waals surface area (Å²) in [5.74, 6) is -1.87. The lowest BCUT2D eigenvalue weighted by Crippen LogP contribution is -2.48. The number of morpholine rings is 1. The first-order valence-corrected chi connectivity index (χ1v) is 14.3. The van der Waals surface area contributed by atoms with Crippen LogP contribution in [0.4, 0.5) is 0 Å². The second-order valence-electron chi connectivity index (χ2n) is 11.3. The minimum Gasteiger partial charge on any atom is -0.618 e. The van der Waals surface area contributed by atoms with Gasteiger partial charge in [-0.2, -0.15) is 9.04 Å². The second-order valence-corrected chi connectivity index (χ2v) is 13.2. The van der Waals surface area contributed by atoms with Crippen molar-refractivity contribution >= 4 is 27.6 Å². The Morgan fingerprint density at radius 3 is 2.54 bits per heavy atom. The molecule has 3 saturated heterocycles. The number of ether oxygens (including phenoxy) is 1. The first-order valence-electron chi connectivity index (χ1n) is 12.7. The molecule has 3 aliphatic rings. The fourth-order valence-electron chi connectivity index (χ4n) is 5.60. The Balaban J connectivity index is 1.51. The molecule has 37 heavy (non-hydrogen) atoms. The molecule has 0 N–H and O–H groups in total. The van der Waals surface area contributed by atoms with E-state index in [9.17, 15) is 28.0 Å². The Morgan fingerprint density at radius 1 is 1.19 bits per heavy atom. The minimum absolute atomic E-state index is 0.0394. The Kier molecular flexibility index (Phi) is 7.91. The summed E-state index contributed by atoms with van der Waals surface area (Å²) in [6.07, 6.45) is 2.06. The van der Waals surface area contributed by atoms with Gasteiger partial charge in [0.25, 0.3) is 0 Å². The Morgan fingerprint density at radius 2 is 1.89 bits per heavy atom. The van der Waals surface area contributed by atoms with E-state index < -0.39 is 33.8 Å². The van der Waals surface area contributed by atoms with Gasteiger partial charge in [0.15, 0.2) is 17.7 Å². The van der Waals surface area contributed by atoms with E-state index in [4.69, 9.17) is 4.74 Å². The largest absolute Gasteiger partial charge is 0.618 e. The number of sulfonamides is 1. The van der Waals surface area contributed by atoms with Gasteiger partial charge in [-0.25, -0.2) is 8.42 Å². The lowest BCUT2D eigenvalue weighted by molar-refractivity contribution is -0.612. The zero-order valence-corrected chi connectivity index (χ0v) is 22.5. The maximum Gasteiger partial charge on any atom is 0.226 e. The standard InChI is InChI=1S/C25H36N4O7S/c1-25(2,3)15-18(14-22(31)26-10-12-36-13-11-26)24(32)27-9-7-20-23(27)21(30)16-29(20)37(34,35)17-19-6-4-5-8-28(19)33/h4-6,8,18,20,23H,7,9-17H2,1-3H3. The summed E-state index contributed by atoms with van der Waals surface area (Å²) < 4.78 is 33.4. The number of nitrogens with zero attached hydrogens (tertiary/aromatic N) is 4. The first-order chi connectivity index (χ1) is 17.4. The van der Waals surface area contributed by atoms with Crippen LogP contribution in [0.3, 0.4) is 0 Å². The van der Waals surface area contributed by atoms with Crippen LogP contribution in [0.15, 0.2) is 24.4 Å². The van der Waals surface area contributed by atoms with E-state index in [1.807, 2.05) is 20.8 Å². The molecule has 2 amide bonds. The molecule has 3 aliphatic heterocycles. The lowest BCUT2D eigenvalue weighted by atomic mass is 9.82. The highest BCUT2D eigenvalue weighted by atomic mass is 32.2. The number of amides is 2. The van der Waals surface area contributed by atoms with Crippen molar-refractivity contribution < 1.29 is 32.3 Å². The number of rotatable bonds is 7. The number of fused-ring (bicyclic) bond motifs is 1. The van der Waals surface area contributed by atoms with Gasteiger partial charge >= 0.3 is 0 Å². The van der Waals surface area contributed by atoms with Gasteiger partial charge in [-0.3, -0.25) is 14.4 Å². The highest BCUT2D eigenvalue weighted by Gasteiger charge is 2.54. The molecular weight excluding hydrogens is 500 g/mol. The van der Waals surface area contributed by atoms with Gasteiger partial charge in [0.05, 0.1) is 25.8 Å². The van der Waals surface area contributed by atoms with Gasteiger partial charge in [0.1, 0.15) is 6.04 Å². The molecule has 11 nitrogen and oxygen atoms in total. The SMILES string of the molecule is CC(C)(C)CC(CC(=O)N1CCOCC1)C(=O)N1CCC2C1C(=O)CN2S(=O)(=O)Cc1cccc[n+]1[O-]. The van der Waals surface area contributed by atoms with Gasteiger partial charge in [0.2, 0.25) is 27.5 Å². The van der Waals surface area contributed by atoms with Gasteiger partial charge in [-0.05, 0) is 24.3 Å². The van der Waals surface area contributed by atoms with E-state index in [2.05, 4.69) is 0 Å². The van der Waals surface area contributed by atoms with Gasteiger partial charge < -0.3 is 19.7 Å². The van der Waals surface area contributed by atoms with Crippen molar-refractivity contribution in [3.8, 4) is 0 Å². The molecule has 204 valence electrons. The maximum absolute atomic E-state index is 13.8. The number of carbonyl (C=O) groups is 3. The van der Waals surface area contributed by atoms with Crippen molar-refractivity contribution in [2.75, 3.05) is 39.4 Å². The summed E-state index contributed by atoms with van der Waals surface area (Å²) in [6, 6.07) is 2.98. The summed E-state index contributed by atoms with van der Waals surface area (Å²) >= 11 is 0. The molecule has 0 spiro atoms. The Labute approximate surface area is 218 Å². The van der Waals surface area contributed by atoms with Gasteiger partial charge in [-0.1, -0.05) is 20.8 Å². The molecule has 1 aromatic rings. The fourth-order valence-corrected chi connectivity index (χ4v) is 7.32. The fraction of sp³-hybridized carbons (Fsp3) is 0.680. The Hall–Kier alpha value is -2.57. The molecule has 3 unspecified atom stereocenters. The predicted octanol–water partition coefficient (Wildman–Crippen LogP) is 0.305. The molecule has 0 bridgehead atoms. The van der Waals surface area contributed by atoms with Crippen LogP contribution in [0, 0.1) is 16.5 Å². The number of aromatic nitrogens is 1. The van der Waals surface area contributed by atoms with Crippen molar-refractivity contribution in [1.82, 2.24) is 14.1 Å². The molecule has 4 rings (SSSR count). The van der Waals surface area contributed by atoms with Crippen LogP contribution in [0.25, 0.3) is 0 Å². The second kappa shape index (κ2) is 10.7. The van der Waals surface area contributed by atoms with Crippen molar-refractivity contribution in [2.45, 2.75) is 57.9 Å². The number of hydrogen-bond donors (Lipinski definition) is 0. The summed E-state index contributed by atoms with van der Waals surface area (Å²) in [4.78, 5) is 43.1. The molecule has 1 aromatic heterocycles. The van der Waals surface area contributed by atoms with Crippen molar-refractivity contribution in [2.24, 2.45) is 11.3 Å². The number of pyridine rings is 1. The summed E-state index contributed by atoms with van der Waals surface area (Å²) in [5, 5.41) is 12.0. The predicted molar refractivity (Wildman–Crippen MR) is 133 cm³/mol. The van der Waals surface area contributed by atoms with Crippen LogP contribution in [0.2, 0.25) is 0 Å². The minimum atomic E-state index is -3.97. The van der Waals surface area contributed by atoms with E-state index in [0.717, 1.165) is 4.31 Å². The average molecular weight is 537 g/mol. The van der Waals surface area contributed by atoms with Crippen LogP contribution in [0.5, 0.6) is 0 Å². The highest BCUT2D eigenvalue weighted by molar-refractivity contribution is 7.88. The zero-order chi connectivity index (χ0) is 27.0. The topological polar surface area (TPSA) is 131 Å². The molecule has 0 aromatic carbocycles. The van der Waals surface area contributed by atoms with Crippen LogP contribution in [0.1, 0.15) is 45.7 Å². The highest BCUT2D eigenvalue weighted by Crippen LogP contribution is 2.36. The van der Waals surface area contributed by atoms with E-state index in [-0.39, 0.29) is 48.2 Å². The summed E-state index contributed by atoms with van der Waals surface area (Å²) in [7, 11) is -3.97. The molecule has 0 saturated carbocycles. The van der Waals surface area contributed by atoms with Crippen molar-refractivity contribution in [3.63, 3.8) is 0 Å². The maximum atomic E-state index is 13.8. The van der Waals surface area contributed by atoms with Crippen LogP contribution in [-0.4, -0.2) is 91.6 Å². The molecule has 3 atom stereocenters. The quantitative estimate of drug-likeness (QED) is 0.362. The van der Waals surface area contributed by atoms with E-state index >= 15 is 0 Å². The van der Waals surface area contributed by atoms with Gasteiger partial charge in [-0.15, -0.1) is 0 Å². The van der Waals surface area contributed by atoms with Gasteiger partial charge in [0, 0.05) is 44.1 Å². The molecule has 0 aliphatic carbocycles. The number of Topliss-reactive ketones (excluding diaryl/α,β-unsaturated/α-hetero) is 1. The first kappa shape index (κ1) is 27.5. The molecule has 3 fully saturated rings. The Bertz CT molecular complexity index is 1140. The number of hydrogen-bond acceptors (Lipinski definition) is 7. The number of likely N-dealkylation sites (tertiary alicyclic amines) is 1. The van der Waals surface area contributed by atoms with E-state index in [1.165, 1.54) is 23.2 Å². The molecule has 4 heterocycles. The third kappa shape index (κ3) is 6.12. The third-order valence-corrected chi connectivity index (χ3v) is 9.02. The summed E-state index contributed by atoms with van der Waals surface area (Å²) in [5.41, 5.74) is -0.167. The average Bonchev–Trinajstić information content (AvgIpc) is 3.41.